The van der Waals surface area contributed by atoms with Crippen LogP contribution in [-0.4, -0.2) is 256 Å². The highest BCUT2D eigenvalue weighted by Gasteiger charge is 2.37. The third-order valence-corrected chi connectivity index (χ3v) is 31.7. The number of para-hydroxylation sites is 5. The van der Waals surface area contributed by atoms with Gasteiger partial charge >= 0.3 is 18.3 Å². The number of benzene rings is 10. The first kappa shape index (κ1) is 101. The van der Waals surface area contributed by atoms with Crippen molar-refractivity contribution < 1.29 is 40.7 Å². The van der Waals surface area contributed by atoms with E-state index in [4.69, 9.17) is 16.3 Å². The zero-order chi connectivity index (χ0) is 93.9. The molecule has 0 radical (unpaired) electrons. The number of esters is 1. The standard InChI is InChI=1S/C23H28ClN3O2S.C22H29N3S2.C21H24F3N3S.C20H24N2OS.C18H19F3N2S/c1-18(28)29-16-15-26-13-11-25(12-14-26)9-4-10-27-20-5-2-3-6-22(20)30-23-8-7-19(24)17-21(23)27;1-3-26-18-9-10-22-20(17-18)25(19-7-4-5-8-21(19)27-22)12-6-11-24-15-13-23(2)14-16-24;1-25-11-13-26(14-12-25)9-4-10-27-17-5-2-3-6-19(17)28-20-8-7-16(15-18(20)27)21(22,23)24;1-5-18(23)15-10-11-20-17(12-15)22(13-14(2)21(3)4)16-8-6-7-9-19(16)24-20;1-22(2)10-5-11-23-14-6-3-4-7-16(14)24-17-9-8-13(12-15(17)23)18(19,20)21/h2-3,5-8,17H,4,9-16H2,1H3;4-5,7-10,17H,3,6,11-16H2,1-2H3;2-3,5-8,15H,4,9-14H2,1H3;6-12,14H,5,13H2,1-4H3;3-4,6-9,12H,5,10-11H2,1-2H3. The van der Waals surface area contributed by atoms with Gasteiger partial charge in [0.1, 0.15) is 6.61 Å². The topological polar surface area (TPSA) is 85.5 Å². The van der Waals surface area contributed by atoms with Gasteiger partial charge in [0.05, 0.1) is 68.0 Å². The molecule has 0 N–H and O–H groups in total. The summed E-state index contributed by atoms with van der Waals surface area (Å²) in [4.78, 5) is 66.6. The number of rotatable bonds is 26. The Bertz CT molecular complexity index is 5540. The van der Waals surface area contributed by atoms with Crippen LogP contribution in [0, 0.1) is 0 Å². The van der Waals surface area contributed by atoms with Gasteiger partial charge in [-0.15, -0.1) is 11.8 Å². The molecule has 3 saturated heterocycles. The molecule has 18 rings (SSSR count). The van der Waals surface area contributed by atoms with Gasteiger partial charge in [-0.3, -0.25) is 14.5 Å². The fourth-order valence-electron chi connectivity index (χ4n) is 17.3. The summed E-state index contributed by atoms with van der Waals surface area (Å²) in [6.45, 7) is 30.9. The van der Waals surface area contributed by atoms with Crippen molar-refractivity contribution in [2.75, 3.05) is 223 Å². The van der Waals surface area contributed by atoms with E-state index in [-0.39, 0.29) is 11.8 Å². The number of fused-ring (bicyclic) bond motifs is 10. The molecule has 10 aromatic rings. The molecule has 0 spiro atoms. The van der Waals surface area contributed by atoms with Crippen molar-refractivity contribution >= 4 is 151 Å². The van der Waals surface area contributed by atoms with E-state index in [2.05, 4.69) is 216 Å². The second-order valence-electron chi connectivity index (χ2n) is 34.9. The number of Topliss-reactive ketones (excluding diaryl/α,β-unsaturated/α-hetero) is 1. The summed E-state index contributed by atoms with van der Waals surface area (Å²) in [5.74, 6) is 1.11. The van der Waals surface area contributed by atoms with Gasteiger partial charge in [-0.1, -0.05) is 151 Å². The number of halogens is 7. The van der Waals surface area contributed by atoms with Crippen LogP contribution in [0.25, 0.3) is 0 Å². The molecule has 16 nitrogen and oxygen atoms in total. The minimum atomic E-state index is -4.33. The maximum absolute atomic E-state index is 13.3. The highest BCUT2D eigenvalue weighted by molar-refractivity contribution is 8.01. The summed E-state index contributed by atoms with van der Waals surface area (Å²) in [5, 5.41) is 0.781. The highest BCUT2D eigenvalue weighted by atomic mass is 35.5. The van der Waals surface area contributed by atoms with Crippen LogP contribution in [-0.2, 0) is 21.9 Å². The Hall–Kier alpha value is -8.01. The first-order chi connectivity index (χ1) is 64.1. The number of likely N-dealkylation sites (N-methyl/N-ethyl adjacent to an activating group) is 3. The predicted molar refractivity (Wildman–Crippen MR) is 544 cm³/mol. The molecule has 3 fully saturated rings. The second-order valence-corrected chi connectivity index (χ2v) is 42.1. The number of piperazine rings is 3. The van der Waals surface area contributed by atoms with Crippen LogP contribution in [0.5, 0.6) is 0 Å². The van der Waals surface area contributed by atoms with E-state index in [1.807, 2.05) is 122 Å². The first-order valence-corrected chi connectivity index (χ1v) is 51.7. The Morgan fingerprint density at radius 3 is 1.11 bits per heavy atom. The summed E-state index contributed by atoms with van der Waals surface area (Å²) >= 11 is 16.8. The molecular weight excluding hydrogens is 1820 g/mol. The molecular formula is C104H124ClF6N13O3S6. The number of ether oxygens (including phenoxy) is 1. The molecule has 29 heteroatoms. The summed E-state index contributed by atoms with van der Waals surface area (Å²) in [7, 11) is 12.6. The van der Waals surface area contributed by atoms with E-state index >= 15 is 0 Å². The lowest BCUT2D eigenvalue weighted by molar-refractivity contribution is -0.141. The van der Waals surface area contributed by atoms with Crippen molar-refractivity contribution in [1.29, 1.82) is 0 Å². The zero-order valence-electron chi connectivity index (χ0n) is 77.9. The van der Waals surface area contributed by atoms with Crippen LogP contribution in [0.2, 0.25) is 5.02 Å². The highest BCUT2D eigenvalue weighted by Crippen LogP contribution is 2.55. The monoisotopic (exact) mass is 1940 g/mol. The van der Waals surface area contributed by atoms with Crippen LogP contribution in [0.3, 0.4) is 0 Å². The van der Waals surface area contributed by atoms with Gasteiger partial charge in [-0.2, -0.15) is 26.3 Å². The van der Waals surface area contributed by atoms with Crippen LogP contribution >= 0.6 is 82.2 Å². The maximum Gasteiger partial charge on any atom is 0.416 e. The maximum atomic E-state index is 13.3. The molecule has 0 aliphatic carbocycles. The number of anilines is 10. The van der Waals surface area contributed by atoms with Crippen molar-refractivity contribution in [3.05, 3.63) is 234 Å². The summed E-state index contributed by atoms with van der Waals surface area (Å²) < 4.78 is 84.2. The molecule has 708 valence electrons. The normalized spacial score (nSPS) is 16.2. The molecule has 8 aliphatic heterocycles. The average Bonchev–Trinajstić information content (AvgIpc) is 0.788. The lowest BCUT2D eigenvalue weighted by Gasteiger charge is -2.36. The van der Waals surface area contributed by atoms with Crippen molar-refractivity contribution in [3.63, 3.8) is 0 Å². The molecule has 8 heterocycles. The predicted octanol–water partition coefficient (Wildman–Crippen LogP) is 24.6. The SMILES string of the molecule is CC(=O)OCCN1CCN(CCCN2c3ccccc3Sc3ccc(Cl)cc32)CC1.CCC(=O)c1ccc2c(c1)N(CC(C)N(C)C)c1ccccc1S2.CCSc1ccc2c(c1)N(CCCN1CCN(C)CC1)c1ccccc1S2.CN(C)CCCN1c2ccccc2Sc2ccc(C(F)(F)F)cc21.CN1CCN(CCCN2c3ccccc3Sc3ccc(C(F)(F)F)cc32)CC1. The van der Waals surface area contributed by atoms with Gasteiger partial charge in [0.25, 0.3) is 0 Å². The number of carbonyl (C=O) groups is 2. The number of alkyl halides is 6. The third kappa shape index (κ3) is 27.1. The number of thioether (sulfide) groups is 1. The van der Waals surface area contributed by atoms with E-state index in [9.17, 15) is 35.9 Å². The van der Waals surface area contributed by atoms with E-state index in [1.54, 1.807) is 35.7 Å². The molecule has 133 heavy (non-hydrogen) atoms. The number of hydrogen-bond donors (Lipinski definition) is 0. The Balaban J connectivity index is 0.000000134. The lowest BCUT2D eigenvalue weighted by Crippen LogP contribution is -2.47. The minimum absolute atomic E-state index is 0.197. The summed E-state index contributed by atoms with van der Waals surface area (Å²) in [5.41, 5.74) is 10.5. The van der Waals surface area contributed by atoms with Crippen LogP contribution in [0.15, 0.2) is 266 Å². The van der Waals surface area contributed by atoms with Gasteiger partial charge in [0.15, 0.2) is 5.78 Å². The molecule has 1 unspecified atom stereocenters. The van der Waals surface area contributed by atoms with Crippen molar-refractivity contribution in [1.82, 2.24) is 39.2 Å². The number of nitrogens with zero attached hydrogens (tertiary/aromatic N) is 13. The Labute approximate surface area is 813 Å². The molecule has 0 bridgehead atoms. The van der Waals surface area contributed by atoms with E-state index in [0.717, 1.165) is 176 Å². The van der Waals surface area contributed by atoms with Crippen molar-refractivity contribution in [2.24, 2.45) is 0 Å². The van der Waals surface area contributed by atoms with Gasteiger partial charge in [-0.25, -0.2) is 0 Å². The van der Waals surface area contributed by atoms with Crippen molar-refractivity contribution in [2.45, 2.75) is 132 Å². The molecule has 0 amide bonds. The summed E-state index contributed by atoms with van der Waals surface area (Å²) in [6, 6.07) is 69.6. The molecule has 8 aliphatic rings. The van der Waals surface area contributed by atoms with E-state index in [1.165, 1.54) is 139 Å². The second kappa shape index (κ2) is 47.8. The largest absolute Gasteiger partial charge is 0.465 e. The van der Waals surface area contributed by atoms with Crippen LogP contribution < -0.4 is 24.5 Å². The van der Waals surface area contributed by atoms with Gasteiger partial charge in [-0.05, 0) is 252 Å². The van der Waals surface area contributed by atoms with Gasteiger partial charge in [0, 0.05) is 202 Å². The fourth-order valence-corrected chi connectivity index (χ4v) is 23.5. The zero-order valence-corrected chi connectivity index (χ0v) is 83.6. The number of hydrogen-bond acceptors (Lipinski definition) is 22. The van der Waals surface area contributed by atoms with Gasteiger partial charge < -0.3 is 63.5 Å². The quantitative estimate of drug-likeness (QED) is 0.0223. The molecule has 1 atom stereocenters. The van der Waals surface area contributed by atoms with Gasteiger partial charge in [0.2, 0.25) is 0 Å². The fraction of sp³-hybridized carbons (Fsp3) is 0.404. The van der Waals surface area contributed by atoms with E-state index in [0.29, 0.717) is 43.5 Å². The van der Waals surface area contributed by atoms with Crippen LogP contribution in [0.4, 0.5) is 83.2 Å². The Morgan fingerprint density at radius 2 is 0.729 bits per heavy atom. The molecule has 0 aromatic heterocycles. The first-order valence-electron chi connectivity index (χ1n) is 46.2. The molecule has 10 aromatic carbocycles. The van der Waals surface area contributed by atoms with Crippen LogP contribution in [0.1, 0.15) is 81.3 Å². The number of ketones is 1. The Morgan fingerprint density at radius 1 is 0.398 bits per heavy atom. The van der Waals surface area contributed by atoms with E-state index < -0.39 is 23.5 Å². The third-order valence-electron chi connectivity index (χ3n) is 24.9. The smallest absolute Gasteiger partial charge is 0.416 e. The summed E-state index contributed by atoms with van der Waals surface area (Å²) in [6.07, 6.45) is -4.03. The number of carbonyl (C=O) groups excluding carboxylic acids is 2. The van der Waals surface area contributed by atoms with Crippen molar-refractivity contribution in [3.8, 4) is 0 Å². The minimum Gasteiger partial charge on any atom is -0.465 e. The average molecular weight is 1950 g/mol. The lowest BCUT2D eigenvalue weighted by atomic mass is 10.1. The molecule has 0 saturated carbocycles. The Kier molecular flexibility index (Phi) is 36.3.